The van der Waals surface area contributed by atoms with Gasteiger partial charge in [0, 0.05) is 53.7 Å². The minimum atomic E-state index is -0.481. The molecule has 1 saturated heterocycles. The molecule has 0 radical (unpaired) electrons. The maximum Gasteiger partial charge on any atom is 0.245 e. The molecule has 4 rings (SSSR count). The van der Waals surface area contributed by atoms with E-state index in [0.29, 0.717) is 10.8 Å². The molecule has 7 nitrogen and oxygen atoms in total. The molecule has 1 aromatic carbocycles. The normalized spacial score (nSPS) is 14.5. The number of amides is 1. The van der Waals surface area contributed by atoms with Gasteiger partial charge < -0.3 is 15.3 Å². The minimum absolute atomic E-state index is 0.0660. The van der Waals surface area contributed by atoms with E-state index in [0.717, 1.165) is 48.6 Å². The van der Waals surface area contributed by atoms with Crippen LogP contribution >= 0.6 is 11.6 Å². The van der Waals surface area contributed by atoms with Crippen LogP contribution < -0.4 is 10.2 Å². The fourth-order valence-electron chi connectivity index (χ4n) is 3.52. The van der Waals surface area contributed by atoms with E-state index < -0.39 is 6.61 Å². The zero-order valence-corrected chi connectivity index (χ0v) is 17.1. The van der Waals surface area contributed by atoms with E-state index in [1.165, 1.54) is 0 Å². The molecule has 154 valence electrons. The van der Waals surface area contributed by atoms with Gasteiger partial charge in [0.1, 0.15) is 12.4 Å². The molecule has 8 heteroatoms. The number of carbonyl (C=O) groups excluding carboxylic acids is 1. The number of hydrogen-bond donors (Lipinski definition) is 2. The third-order valence-electron chi connectivity index (χ3n) is 5.10. The van der Waals surface area contributed by atoms with E-state index in [-0.39, 0.29) is 11.9 Å². The Balaban J connectivity index is 1.63. The summed E-state index contributed by atoms with van der Waals surface area (Å²) in [6, 6.07) is 13.4. The molecule has 0 spiro atoms. The van der Waals surface area contributed by atoms with Crippen molar-refractivity contribution in [2.75, 3.05) is 24.6 Å². The van der Waals surface area contributed by atoms with Crippen molar-refractivity contribution in [2.45, 2.75) is 18.9 Å². The Hall–Kier alpha value is -3.03. The Morgan fingerprint density at radius 1 is 1.13 bits per heavy atom. The molecular formula is C22H22ClN5O2. The number of aromatic nitrogens is 3. The second kappa shape index (κ2) is 9.19. The third kappa shape index (κ3) is 4.75. The summed E-state index contributed by atoms with van der Waals surface area (Å²) in [6.45, 7) is 1.02. The van der Waals surface area contributed by atoms with Crippen molar-refractivity contribution in [3.63, 3.8) is 0 Å². The maximum absolute atomic E-state index is 11.4. The topological polar surface area (TPSA) is 91.2 Å². The molecule has 1 aliphatic rings. The lowest BCUT2D eigenvalue weighted by molar-refractivity contribution is -0.124. The fourth-order valence-corrected chi connectivity index (χ4v) is 3.64. The summed E-state index contributed by atoms with van der Waals surface area (Å²) in [4.78, 5) is 27.4. The molecule has 3 aromatic rings. The summed E-state index contributed by atoms with van der Waals surface area (Å²) in [6.07, 6.45) is 5.04. The number of pyridine rings is 1. The first-order valence-corrected chi connectivity index (χ1v) is 10.2. The molecule has 1 fully saturated rings. The first-order valence-electron chi connectivity index (χ1n) is 9.83. The molecule has 0 saturated carbocycles. The summed E-state index contributed by atoms with van der Waals surface area (Å²) < 4.78 is 0. The summed E-state index contributed by atoms with van der Waals surface area (Å²) in [5.74, 6) is 1.11. The number of piperidine rings is 1. The number of anilines is 1. The minimum Gasteiger partial charge on any atom is -0.387 e. The molecule has 2 aromatic heterocycles. The second-order valence-corrected chi connectivity index (χ2v) is 7.61. The molecule has 0 unspecified atom stereocenters. The Morgan fingerprint density at radius 2 is 1.90 bits per heavy atom. The highest BCUT2D eigenvalue weighted by Gasteiger charge is 2.22. The summed E-state index contributed by atoms with van der Waals surface area (Å²) in [5.41, 5.74) is 2.61. The number of nitrogens with one attached hydrogen (secondary N) is 1. The molecule has 0 atom stereocenters. The van der Waals surface area contributed by atoms with E-state index >= 15 is 0 Å². The first kappa shape index (κ1) is 20.3. The first-order chi connectivity index (χ1) is 14.6. The molecule has 1 aliphatic heterocycles. The molecule has 3 heterocycles. The molecular weight excluding hydrogens is 402 g/mol. The van der Waals surface area contributed by atoms with Gasteiger partial charge in [-0.15, -0.1) is 0 Å². The van der Waals surface area contributed by atoms with Crippen molar-refractivity contribution in [3.8, 4) is 22.6 Å². The second-order valence-electron chi connectivity index (χ2n) is 7.17. The van der Waals surface area contributed by atoms with E-state index in [4.69, 9.17) is 26.7 Å². The predicted octanol–water partition coefficient (Wildman–Crippen LogP) is 2.94. The van der Waals surface area contributed by atoms with Gasteiger partial charge in [0.15, 0.2) is 5.82 Å². The SMILES string of the molecule is O=C(CO)NC1CCN(c2cc(-c3ccc(Cl)cc3)nc(-c3cccnc3)n2)CC1. The van der Waals surface area contributed by atoms with Gasteiger partial charge in [0.05, 0.1) is 5.69 Å². The smallest absolute Gasteiger partial charge is 0.245 e. The maximum atomic E-state index is 11.4. The average Bonchev–Trinajstić information content (AvgIpc) is 2.80. The quantitative estimate of drug-likeness (QED) is 0.655. The Kier molecular flexibility index (Phi) is 6.21. The van der Waals surface area contributed by atoms with Gasteiger partial charge in [-0.05, 0) is 37.1 Å². The molecule has 0 bridgehead atoms. The van der Waals surface area contributed by atoms with Crippen molar-refractivity contribution in [1.29, 1.82) is 0 Å². The highest BCUT2D eigenvalue weighted by Crippen LogP contribution is 2.28. The zero-order chi connectivity index (χ0) is 20.9. The van der Waals surface area contributed by atoms with Crippen molar-refractivity contribution in [2.24, 2.45) is 0 Å². The third-order valence-corrected chi connectivity index (χ3v) is 5.35. The monoisotopic (exact) mass is 423 g/mol. The summed E-state index contributed by atoms with van der Waals surface area (Å²) >= 11 is 6.04. The number of aliphatic hydroxyl groups excluding tert-OH is 1. The van der Waals surface area contributed by atoms with Gasteiger partial charge in [-0.2, -0.15) is 0 Å². The van der Waals surface area contributed by atoms with Crippen LogP contribution in [0.5, 0.6) is 0 Å². The van der Waals surface area contributed by atoms with Crippen molar-refractivity contribution in [1.82, 2.24) is 20.3 Å². The Morgan fingerprint density at radius 3 is 2.57 bits per heavy atom. The van der Waals surface area contributed by atoms with E-state index in [2.05, 4.69) is 15.2 Å². The Bertz CT molecular complexity index is 1010. The van der Waals surface area contributed by atoms with E-state index in [1.54, 1.807) is 12.4 Å². The summed E-state index contributed by atoms with van der Waals surface area (Å²) in [5, 5.41) is 12.5. The number of nitrogens with zero attached hydrogens (tertiary/aromatic N) is 4. The van der Waals surface area contributed by atoms with Crippen LogP contribution in [0.4, 0.5) is 5.82 Å². The van der Waals surface area contributed by atoms with Crippen molar-refractivity contribution >= 4 is 23.3 Å². The van der Waals surface area contributed by atoms with Crippen molar-refractivity contribution in [3.05, 3.63) is 59.9 Å². The molecule has 0 aliphatic carbocycles. The van der Waals surface area contributed by atoms with Gasteiger partial charge in [0.2, 0.25) is 5.91 Å². The number of halogens is 1. The standard InChI is InChI=1S/C22H22ClN5O2/c23-17-5-3-15(4-6-17)19-12-20(27-22(26-19)16-2-1-9-24-13-16)28-10-7-18(8-11-28)25-21(30)14-29/h1-6,9,12-13,18,29H,7-8,10-11,14H2,(H,25,30). The zero-order valence-electron chi connectivity index (χ0n) is 16.3. The largest absolute Gasteiger partial charge is 0.387 e. The van der Waals surface area contributed by atoms with Gasteiger partial charge in [0.25, 0.3) is 0 Å². The predicted molar refractivity (Wildman–Crippen MR) is 116 cm³/mol. The van der Waals surface area contributed by atoms with Crippen LogP contribution in [0.25, 0.3) is 22.6 Å². The number of hydrogen-bond acceptors (Lipinski definition) is 6. The number of benzene rings is 1. The van der Waals surface area contributed by atoms with Crippen LogP contribution in [0.15, 0.2) is 54.9 Å². The van der Waals surface area contributed by atoms with E-state index in [1.807, 2.05) is 42.5 Å². The van der Waals surface area contributed by atoms with Crippen LogP contribution in [-0.2, 0) is 4.79 Å². The summed E-state index contributed by atoms with van der Waals surface area (Å²) in [7, 11) is 0. The van der Waals surface area contributed by atoms with Gasteiger partial charge >= 0.3 is 0 Å². The lowest BCUT2D eigenvalue weighted by Gasteiger charge is -2.33. The van der Waals surface area contributed by atoms with Crippen molar-refractivity contribution < 1.29 is 9.90 Å². The van der Waals surface area contributed by atoms with Crippen LogP contribution in [0.3, 0.4) is 0 Å². The number of aliphatic hydroxyl groups is 1. The van der Waals surface area contributed by atoms with E-state index in [9.17, 15) is 4.79 Å². The van der Waals surface area contributed by atoms with Crippen LogP contribution in [-0.4, -0.2) is 51.7 Å². The number of carbonyl (C=O) groups is 1. The molecule has 1 amide bonds. The van der Waals surface area contributed by atoms with Crippen LogP contribution in [0.2, 0.25) is 5.02 Å². The lowest BCUT2D eigenvalue weighted by Crippen LogP contribution is -2.45. The lowest BCUT2D eigenvalue weighted by atomic mass is 10.0. The highest BCUT2D eigenvalue weighted by molar-refractivity contribution is 6.30. The molecule has 2 N–H and O–H groups in total. The van der Waals surface area contributed by atoms with Gasteiger partial charge in [-0.25, -0.2) is 9.97 Å². The average molecular weight is 424 g/mol. The van der Waals surface area contributed by atoms with Crippen LogP contribution in [0, 0.1) is 0 Å². The van der Waals surface area contributed by atoms with Crippen LogP contribution in [0.1, 0.15) is 12.8 Å². The fraction of sp³-hybridized carbons (Fsp3) is 0.273. The molecule has 30 heavy (non-hydrogen) atoms. The highest BCUT2D eigenvalue weighted by atomic mass is 35.5. The Labute approximate surface area is 179 Å². The van der Waals surface area contributed by atoms with Gasteiger partial charge in [-0.3, -0.25) is 9.78 Å². The van der Waals surface area contributed by atoms with Gasteiger partial charge in [-0.1, -0.05) is 23.7 Å². The number of rotatable bonds is 5.